The van der Waals surface area contributed by atoms with E-state index in [0.717, 1.165) is 18.5 Å². The highest BCUT2D eigenvalue weighted by Gasteiger charge is 2.37. The van der Waals surface area contributed by atoms with E-state index < -0.39 is 12.0 Å². The Hall–Kier alpha value is -1.89. The Bertz CT molecular complexity index is 628. The number of hydrogen-bond donors (Lipinski definition) is 1. The van der Waals surface area contributed by atoms with Gasteiger partial charge in [0.05, 0.1) is 18.8 Å². The van der Waals surface area contributed by atoms with Crippen molar-refractivity contribution in [2.24, 2.45) is 0 Å². The number of carbonyl (C=O) groups excluding carboxylic acids is 1. The van der Waals surface area contributed by atoms with Gasteiger partial charge >= 0.3 is 5.97 Å². The van der Waals surface area contributed by atoms with Crippen molar-refractivity contribution in [3.63, 3.8) is 0 Å². The standard InChI is InChI=1S/C16H23N3O4/c1-16(2,3)19-12(10-4-5-10)8-11(17-19)14(20)18-6-7-23-9-13(18)15(21)22/h8,10,13H,4-7,9H2,1-3H3,(H,21,22)/t13-/m1/s1. The third-order valence-electron chi connectivity index (χ3n) is 4.26. The van der Waals surface area contributed by atoms with E-state index in [2.05, 4.69) is 25.9 Å². The maximum atomic E-state index is 12.8. The Kier molecular flexibility index (Phi) is 3.91. The second kappa shape index (κ2) is 5.63. The van der Waals surface area contributed by atoms with E-state index >= 15 is 0 Å². The van der Waals surface area contributed by atoms with Gasteiger partial charge < -0.3 is 14.7 Å². The largest absolute Gasteiger partial charge is 0.480 e. The minimum absolute atomic E-state index is 0.0243. The topological polar surface area (TPSA) is 84.7 Å². The molecular weight excluding hydrogens is 298 g/mol. The van der Waals surface area contributed by atoms with E-state index in [4.69, 9.17) is 4.74 Å². The second-order valence-corrected chi connectivity index (χ2v) is 7.24. The number of nitrogens with zero attached hydrogens (tertiary/aromatic N) is 3. The smallest absolute Gasteiger partial charge is 0.328 e. The monoisotopic (exact) mass is 321 g/mol. The molecule has 1 aromatic rings. The summed E-state index contributed by atoms with van der Waals surface area (Å²) >= 11 is 0. The molecule has 2 aliphatic rings. The van der Waals surface area contributed by atoms with Crippen LogP contribution in [-0.4, -0.2) is 57.5 Å². The van der Waals surface area contributed by atoms with Crippen LogP contribution in [0.5, 0.6) is 0 Å². The molecule has 126 valence electrons. The molecule has 7 heteroatoms. The summed E-state index contributed by atoms with van der Waals surface area (Å²) in [5.74, 6) is -0.912. The fourth-order valence-electron chi connectivity index (χ4n) is 2.91. The predicted molar refractivity (Wildman–Crippen MR) is 82.5 cm³/mol. The Morgan fingerprint density at radius 1 is 1.35 bits per heavy atom. The van der Waals surface area contributed by atoms with E-state index in [1.54, 1.807) is 0 Å². The molecule has 1 amide bonds. The van der Waals surface area contributed by atoms with Gasteiger partial charge in [-0.25, -0.2) is 4.79 Å². The number of aromatic nitrogens is 2. The van der Waals surface area contributed by atoms with E-state index in [1.807, 2.05) is 10.7 Å². The first-order chi connectivity index (χ1) is 10.8. The highest BCUT2D eigenvalue weighted by atomic mass is 16.5. The van der Waals surface area contributed by atoms with Crippen LogP contribution in [0.15, 0.2) is 6.07 Å². The summed E-state index contributed by atoms with van der Waals surface area (Å²) in [7, 11) is 0. The van der Waals surface area contributed by atoms with Gasteiger partial charge in [-0.15, -0.1) is 0 Å². The molecule has 0 spiro atoms. The number of ether oxygens (including phenoxy) is 1. The van der Waals surface area contributed by atoms with Gasteiger partial charge in [-0.3, -0.25) is 9.48 Å². The van der Waals surface area contributed by atoms with Crippen LogP contribution in [0.4, 0.5) is 0 Å². The molecule has 23 heavy (non-hydrogen) atoms. The Morgan fingerprint density at radius 3 is 2.61 bits per heavy atom. The lowest BCUT2D eigenvalue weighted by Gasteiger charge is -2.32. The van der Waals surface area contributed by atoms with Crippen molar-refractivity contribution in [1.29, 1.82) is 0 Å². The molecular formula is C16H23N3O4. The van der Waals surface area contributed by atoms with Gasteiger partial charge in [-0.1, -0.05) is 0 Å². The van der Waals surface area contributed by atoms with Gasteiger partial charge in [0.1, 0.15) is 0 Å². The van der Waals surface area contributed by atoms with Crippen molar-refractivity contribution in [2.45, 2.75) is 51.1 Å². The normalized spacial score (nSPS) is 22.2. The van der Waals surface area contributed by atoms with Crippen LogP contribution in [-0.2, 0) is 15.1 Å². The first-order valence-corrected chi connectivity index (χ1v) is 8.01. The zero-order valence-corrected chi connectivity index (χ0v) is 13.8. The predicted octanol–water partition coefficient (Wildman–Crippen LogP) is 1.44. The number of carboxylic acid groups (broad SMARTS) is 1. The minimum atomic E-state index is -1.05. The molecule has 3 rings (SSSR count). The van der Waals surface area contributed by atoms with Gasteiger partial charge in [-0.2, -0.15) is 5.10 Å². The first-order valence-electron chi connectivity index (χ1n) is 8.01. The van der Waals surface area contributed by atoms with Crippen molar-refractivity contribution in [3.8, 4) is 0 Å². The number of carboxylic acids is 1. The Labute approximate surface area is 135 Å². The molecule has 1 saturated heterocycles. The maximum absolute atomic E-state index is 12.8. The summed E-state index contributed by atoms with van der Waals surface area (Å²) in [6.07, 6.45) is 2.23. The highest BCUT2D eigenvalue weighted by molar-refractivity contribution is 5.95. The van der Waals surface area contributed by atoms with Crippen molar-refractivity contribution >= 4 is 11.9 Å². The molecule has 1 aliphatic carbocycles. The van der Waals surface area contributed by atoms with E-state index in [-0.39, 0.29) is 24.6 Å². The number of morpholine rings is 1. The van der Waals surface area contributed by atoms with Gasteiger partial charge in [0, 0.05) is 18.2 Å². The quantitative estimate of drug-likeness (QED) is 0.910. The van der Waals surface area contributed by atoms with Crippen molar-refractivity contribution < 1.29 is 19.4 Å². The van der Waals surface area contributed by atoms with E-state index in [1.165, 1.54) is 4.90 Å². The molecule has 0 unspecified atom stereocenters. The molecule has 1 atom stereocenters. The van der Waals surface area contributed by atoms with Crippen LogP contribution in [0.25, 0.3) is 0 Å². The molecule has 1 aromatic heterocycles. The highest BCUT2D eigenvalue weighted by Crippen LogP contribution is 2.41. The van der Waals surface area contributed by atoms with E-state index in [9.17, 15) is 14.7 Å². The molecule has 0 aromatic carbocycles. The average molecular weight is 321 g/mol. The lowest BCUT2D eigenvalue weighted by atomic mass is 10.1. The Morgan fingerprint density at radius 2 is 2.04 bits per heavy atom. The maximum Gasteiger partial charge on any atom is 0.328 e. The van der Waals surface area contributed by atoms with Gasteiger partial charge in [-0.05, 0) is 39.7 Å². The van der Waals surface area contributed by atoms with Crippen LogP contribution >= 0.6 is 0 Å². The second-order valence-electron chi connectivity index (χ2n) is 7.24. The molecule has 7 nitrogen and oxygen atoms in total. The van der Waals surface area contributed by atoms with Crippen molar-refractivity contribution in [2.75, 3.05) is 19.8 Å². The number of aliphatic carboxylic acids is 1. The number of rotatable bonds is 3. The van der Waals surface area contributed by atoms with E-state index in [0.29, 0.717) is 18.2 Å². The SMILES string of the molecule is CC(C)(C)n1nc(C(=O)N2CCOC[C@@H]2C(=O)O)cc1C1CC1. The van der Waals surface area contributed by atoms with Gasteiger partial charge in [0.15, 0.2) is 11.7 Å². The molecule has 0 radical (unpaired) electrons. The number of hydrogen-bond acceptors (Lipinski definition) is 4. The third kappa shape index (κ3) is 3.10. The fourth-order valence-corrected chi connectivity index (χ4v) is 2.91. The van der Waals surface area contributed by atoms with Crippen LogP contribution in [0, 0.1) is 0 Å². The molecule has 1 aliphatic heterocycles. The lowest BCUT2D eigenvalue weighted by molar-refractivity contribution is -0.147. The van der Waals surface area contributed by atoms with Crippen LogP contribution in [0.2, 0.25) is 0 Å². The molecule has 1 saturated carbocycles. The summed E-state index contributed by atoms with van der Waals surface area (Å²) in [5, 5.41) is 13.8. The minimum Gasteiger partial charge on any atom is -0.480 e. The third-order valence-corrected chi connectivity index (χ3v) is 4.26. The lowest BCUT2D eigenvalue weighted by Crippen LogP contribution is -2.52. The number of carbonyl (C=O) groups is 2. The fraction of sp³-hybridized carbons (Fsp3) is 0.688. The van der Waals surface area contributed by atoms with Crippen LogP contribution < -0.4 is 0 Å². The zero-order chi connectivity index (χ0) is 16.8. The number of amides is 1. The summed E-state index contributed by atoms with van der Waals surface area (Å²) in [5.41, 5.74) is 1.18. The average Bonchev–Trinajstić information content (AvgIpc) is 3.23. The summed E-state index contributed by atoms with van der Waals surface area (Å²) in [6, 6.07) is 0.889. The Balaban J connectivity index is 1.91. The van der Waals surface area contributed by atoms with Crippen molar-refractivity contribution in [1.82, 2.24) is 14.7 Å². The van der Waals surface area contributed by atoms with Gasteiger partial charge in [0.2, 0.25) is 0 Å². The first kappa shape index (κ1) is 16.0. The molecule has 2 fully saturated rings. The van der Waals surface area contributed by atoms with Crippen molar-refractivity contribution in [3.05, 3.63) is 17.5 Å². The van der Waals surface area contributed by atoms with Gasteiger partial charge in [0.25, 0.3) is 5.91 Å². The summed E-state index contributed by atoms with van der Waals surface area (Å²) in [6.45, 7) is 6.80. The molecule has 1 N–H and O–H groups in total. The van der Waals surface area contributed by atoms with Crippen LogP contribution in [0.3, 0.4) is 0 Å². The van der Waals surface area contributed by atoms with Crippen LogP contribution in [0.1, 0.15) is 55.7 Å². The zero-order valence-electron chi connectivity index (χ0n) is 13.8. The molecule has 2 heterocycles. The molecule has 0 bridgehead atoms. The summed E-state index contributed by atoms with van der Waals surface area (Å²) < 4.78 is 7.10. The summed E-state index contributed by atoms with van der Waals surface area (Å²) in [4.78, 5) is 25.5.